The number of methoxy groups -OCH3 is 1. The molecule has 0 saturated carbocycles. The van der Waals surface area contributed by atoms with Gasteiger partial charge in [0.05, 0.1) is 12.1 Å². The SMILES string of the molecule is COc1cc(C(=O)c2cc(Cl)ccc2Cl)ccc1C. The van der Waals surface area contributed by atoms with Gasteiger partial charge in [-0.25, -0.2) is 0 Å². The summed E-state index contributed by atoms with van der Waals surface area (Å²) in [5, 5.41) is 0.862. The molecule has 98 valence electrons. The van der Waals surface area contributed by atoms with E-state index in [0.717, 1.165) is 5.56 Å². The van der Waals surface area contributed by atoms with Crippen LogP contribution in [0.5, 0.6) is 5.75 Å². The first-order valence-corrected chi connectivity index (χ1v) is 6.43. The third-order valence-electron chi connectivity index (χ3n) is 2.84. The van der Waals surface area contributed by atoms with Crippen molar-refractivity contribution in [2.24, 2.45) is 0 Å². The summed E-state index contributed by atoms with van der Waals surface area (Å²) in [6.07, 6.45) is 0. The molecule has 2 aromatic carbocycles. The standard InChI is InChI=1S/C15H12Cl2O2/c1-9-3-4-10(7-14(9)19-2)15(18)12-8-11(16)5-6-13(12)17/h3-8H,1-2H3. The Kier molecular flexibility index (Phi) is 4.13. The molecule has 19 heavy (non-hydrogen) atoms. The molecule has 4 heteroatoms. The van der Waals surface area contributed by atoms with Gasteiger partial charge in [0, 0.05) is 16.1 Å². The Balaban J connectivity index is 2.47. The zero-order valence-electron chi connectivity index (χ0n) is 10.5. The lowest BCUT2D eigenvalue weighted by atomic mass is 10.0. The van der Waals surface area contributed by atoms with Crippen molar-refractivity contribution in [1.82, 2.24) is 0 Å². The second-order valence-corrected chi connectivity index (χ2v) is 4.98. The normalized spacial score (nSPS) is 10.3. The molecule has 0 fully saturated rings. The van der Waals surface area contributed by atoms with E-state index in [1.807, 2.05) is 13.0 Å². The molecule has 0 aliphatic carbocycles. The van der Waals surface area contributed by atoms with E-state index in [1.54, 1.807) is 37.4 Å². The molecule has 0 N–H and O–H groups in total. The Morgan fingerprint density at radius 1 is 1.11 bits per heavy atom. The van der Waals surface area contributed by atoms with Crippen LogP contribution in [0.3, 0.4) is 0 Å². The predicted octanol–water partition coefficient (Wildman–Crippen LogP) is 4.54. The fraction of sp³-hybridized carbons (Fsp3) is 0.133. The summed E-state index contributed by atoms with van der Waals surface area (Å²) in [5.41, 5.74) is 1.88. The Hall–Kier alpha value is -1.51. The first kappa shape index (κ1) is 13.9. The maximum Gasteiger partial charge on any atom is 0.194 e. The number of halogens is 2. The van der Waals surface area contributed by atoms with Crippen LogP contribution in [0.4, 0.5) is 0 Å². The highest BCUT2D eigenvalue weighted by Gasteiger charge is 2.14. The third kappa shape index (κ3) is 2.91. The van der Waals surface area contributed by atoms with E-state index in [2.05, 4.69) is 0 Å². The molecule has 0 amide bonds. The van der Waals surface area contributed by atoms with Crippen LogP contribution in [-0.2, 0) is 0 Å². The first-order chi connectivity index (χ1) is 9.02. The molecule has 2 nitrogen and oxygen atoms in total. The van der Waals surface area contributed by atoms with Gasteiger partial charge >= 0.3 is 0 Å². The minimum atomic E-state index is -0.175. The average Bonchev–Trinajstić information content (AvgIpc) is 2.41. The van der Waals surface area contributed by atoms with Gasteiger partial charge in [-0.2, -0.15) is 0 Å². The number of rotatable bonds is 3. The van der Waals surface area contributed by atoms with Crippen LogP contribution in [0.2, 0.25) is 10.0 Å². The quantitative estimate of drug-likeness (QED) is 0.777. The number of ketones is 1. The van der Waals surface area contributed by atoms with Crippen LogP contribution in [0.1, 0.15) is 21.5 Å². The molecule has 2 aromatic rings. The van der Waals surface area contributed by atoms with E-state index in [9.17, 15) is 4.79 Å². The van der Waals surface area contributed by atoms with Crippen molar-refractivity contribution >= 4 is 29.0 Å². The molecule has 0 aliphatic rings. The van der Waals surface area contributed by atoms with Crippen LogP contribution in [-0.4, -0.2) is 12.9 Å². The lowest BCUT2D eigenvalue weighted by molar-refractivity contribution is 0.103. The number of benzene rings is 2. The van der Waals surface area contributed by atoms with Gasteiger partial charge in [-0.1, -0.05) is 35.3 Å². The smallest absolute Gasteiger partial charge is 0.194 e. The molecule has 0 heterocycles. The topological polar surface area (TPSA) is 26.3 Å². The summed E-state index contributed by atoms with van der Waals surface area (Å²) in [7, 11) is 1.57. The predicted molar refractivity (Wildman–Crippen MR) is 77.6 cm³/mol. The minimum Gasteiger partial charge on any atom is -0.496 e. The summed E-state index contributed by atoms with van der Waals surface area (Å²) >= 11 is 11.9. The lowest BCUT2D eigenvalue weighted by Crippen LogP contribution is -2.03. The summed E-state index contributed by atoms with van der Waals surface area (Å²) in [6.45, 7) is 1.92. The molecule has 2 rings (SSSR count). The monoisotopic (exact) mass is 294 g/mol. The van der Waals surface area contributed by atoms with Crippen molar-refractivity contribution < 1.29 is 9.53 Å². The number of carbonyl (C=O) groups excluding carboxylic acids is 1. The van der Waals surface area contributed by atoms with Gasteiger partial charge in [-0.15, -0.1) is 0 Å². The number of aryl methyl sites for hydroxylation is 1. The summed E-state index contributed by atoms with van der Waals surface area (Å²) in [5.74, 6) is 0.495. The van der Waals surface area contributed by atoms with Gasteiger partial charge < -0.3 is 4.74 Å². The Bertz CT molecular complexity index is 636. The Morgan fingerprint density at radius 3 is 2.53 bits per heavy atom. The second kappa shape index (κ2) is 5.64. The van der Waals surface area contributed by atoms with E-state index in [-0.39, 0.29) is 5.78 Å². The van der Waals surface area contributed by atoms with Crippen molar-refractivity contribution in [3.63, 3.8) is 0 Å². The highest BCUT2D eigenvalue weighted by atomic mass is 35.5. The van der Waals surface area contributed by atoms with Gasteiger partial charge in [0.1, 0.15) is 5.75 Å². The zero-order chi connectivity index (χ0) is 14.0. The molecule has 0 spiro atoms. The van der Waals surface area contributed by atoms with E-state index < -0.39 is 0 Å². The average molecular weight is 295 g/mol. The molecular weight excluding hydrogens is 283 g/mol. The van der Waals surface area contributed by atoms with Gasteiger partial charge in [-0.05, 0) is 36.8 Å². The molecule has 0 aromatic heterocycles. The number of hydrogen-bond acceptors (Lipinski definition) is 2. The van der Waals surface area contributed by atoms with E-state index in [1.165, 1.54) is 0 Å². The van der Waals surface area contributed by atoms with Gasteiger partial charge in [0.25, 0.3) is 0 Å². The van der Waals surface area contributed by atoms with Crippen LogP contribution in [0.15, 0.2) is 36.4 Å². The van der Waals surface area contributed by atoms with Crippen molar-refractivity contribution in [2.45, 2.75) is 6.92 Å². The van der Waals surface area contributed by atoms with Crippen LogP contribution in [0.25, 0.3) is 0 Å². The van der Waals surface area contributed by atoms with Crippen LogP contribution in [0, 0.1) is 6.92 Å². The fourth-order valence-corrected chi connectivity index (χ4v) is 2.16. The molecule has 0 bridgehead atoms. The van der Waals surface area contributed by atoms with Crippen molar-refractivity contribution in [3.8, 4) is 5.75 Å². The summed E-state index contributed by atoms with van der Waals surface area (Å²) < 4.78 is 5.21. The fourth-order valence-electron chi connectivity index (χ4n) is 1.79. The Morgan fingerprint density at radius 2 is 1.84 bits per heavy atom. The number of hydrogen-bond donors (Lipinski definition) is 0. The van der Waals surface area contributed by atoms with E-state index in [0.29, 0.717) is 26.9 Å². The maximum atomic E-state index is 12.4. The lowest BCUT2D eigenvalue weighted by Gasteiger charge is -2.08. The van der Waals surface area contributed by atoms with Crippen LogP contribution >= 0.6 is 23.2 Å². The van der Waals surface area contributed by atoms with Crippen molar-refractivity contribution in [3.05, 3.63) is 63.1 Å². The van der Waals surface area contributed by atoms with Crippen LogP contribution < -0.4 is 4.74 Å². The first-order valence-electron chi connectivity index (χ1n) is 5.67. The molecule has 0 saturated heterocycles. The molecule has 0 aliphatic heterocycles. The zero-order valence-corrected chi connectivity index (χ0v) is 12.0. The van der Waals surface area contributed by atoms with Crippen molar-refractivity contribution in [2.75, 3.05) is 7.11 Å². The highest BCUT2D eigenvalue weighted by Crippen LogP contribution is 2.26. The molecular formula is C15H12Cl2O2. The number of ether oxygens (including phenoxy) is 1. The second-order valence-electron chi connectivity index (χ2n) is 4.14. The summed E-state index contributed by atoms with van der Waals surface area (Å²) in [4.78, 5) is 12.4. The van der Waals surface area contributed by atoms with Gasteiger partial charge in [0.2, 0.25) is 0 Å². The van der Waals surface area contributed by atoms with E-state index in [4.69, 9.17) is 27.9 Å². The molecule has 0 unspecified atom stereocenters. The summed E-state index contributed by atoms with van der Waals surface area (Å²) in [6, 6.07) is 10.1. The maximum absolute atomic E-state index is 12.4. The third-order valence-corrected chi connectivity index (χ3v) is 3.41. The molecule has 0 atom stereocenters. The van der Waals surface area contributed by atoms with Gasteiger partial charge in [0.15, 0.2) is 5.78 Å². The highest BCUT2D eigenvalue weighted by molar-refractivity contribution is 6.36. The van der Waals surface area contributed by atoms with E-state index >= 15 is 0 Å². The van der Waals surface area contributed by atoms with Gasteiger partial charge in [-0.3, -0.25) is 4.79 Å². The van der Waals surface area contributed by atoms with Crippen molar-refractivity contribution in [1.29, 1.82) is 0 Å². The minimum absolute atomic E-state index is 0.175. The number of carbonyl (C=O) groups is 1. The Labute approximate surface area is 121 Å². The molecule has 0 radical (unpaired) electrons. The largest absolute Gasteiger partial charge is 0.496 e.